The molecule has 0 saturated heterocycles. The predicted molar refractivity (Wildman–Crippen MR) is 171 cm³/mol. The van der Waals surface area contributed by atoms with Crippen molar-refractivity contribution in [3.05, 3.63) is 168 Å². The van der Waals surface area contributed by atoms with Crippen molar-refractivity contribution in [3.8, 4) is 0 Å². The molecule has 0 aliphatic heterocycles. The van der Waals surface area contributed by atoms with E-state index >= 15 is 0 Å². The Hall–Kier alpha value is -3.83. The smallest absolute Gasteiger partial charge is 0.261 e. The molecule has 1 atom stereocenters. The van der Waals surface area contributed by atoms with Crippen LogP contribution >= 0.6 is 6.04 Å². The van der Waals surface area contributed by atoms with Crippen LogP contribution < -0.4 is 15.3 Å². The lowest BCUT2D eigenvalue weighted by atomic mass is 10.1. The standard InChI is InChI=1S/C34H29FNO2PS2/c1-26-17-23-32(24-18-26)41(37,38)36-33(27-11-5-2-6-12-27)25-34(28-19-21-29(35)22-20-28)39(40,30-13-7-3-8-14-30)31-15-9-4-10-16-31/h2-25,34,36H,1H3/b33-25-/t34-/m1/s1. The molecule has 5 aromatic rings. The number of sulfonamides is 1. The highest BCUT2D eigenvalue weighted by Crippen LogP contribution is 2.58. The van der Waals surface area contributed by atoms with Gasteiger partial charge in [-0.1, -0.05) is 133 Å². The largest absolute Gasteiger partial charge is 0.279 e. The predicted octanol–water partition coefficient (Wildman–Crippen LogP) is 7.33. The number of rotatable bonds is 9. The second-order valence-corrected chi connectivity index (χ2v) is 16.0. The average molecular weight is 598 g/mol. The van der Waals surface area contributed by atoms with E-state index in [1.54, 1.807) is 36.4 Å². The van der Waals surface area contributed by atoms with E-state index < -0.39 is 21.7 Å². The molecule has 0 saturated carbocycles. The van der Waals surface area contributed by atoms with E-state index in [9.17, 15) is 12.8 Å². The molecule has 0 radical (unpaired) electrons. The maximum Gasteiger partial charge on any atom is 0.261 e. The lowest BCUT2D eigenvalue weighted by Crippen LogP contribution is -2.25. The third-order valence-electron chi connectivity index (χ3n) is 6.87. The minimum Gasteiger partial charge on any atom is -0.279 e. The maximum absolute atomic E-state index is 14.1. The Kier molecular flexibility index (Phi) is 8.65. The Morgan fingerprint density at radius 1 is 0.732 bits per heavy atom. The van der Waals surface area contributed by atoms with E-state index in [1.165, 1.54) is 12.1 Å². The van der Waals surface area contributed by atoms with Gasteiger partial charge in [0.15, 0.2) is 0 Å². The molecule has 0 spiro atoms. The zero-order valence-corrected chi connectivity index (χ0v) is 24.9. The molecule has 0 fully saturated rings. The molecule has 5 aromatic carbocycles. The van der Waals surface area contributed by atoms with Crippen molar-refractivity contribution in [2.75, 3.05) is 0 Å². The average Bonchev–Trinajstić information content (AvgIpc) is 3.01. The van der Waals surface area contributed by atoms with Crippen molar-refractivity contribution in [1.82, 2.24) is 4.72 Å². The number of benzene rings is 5. The monoisotopic (exact) mass is 597 g/mol. The molecule has 5 rings (SSSR count). The molecule has 0 amide bonds. The summed E-state index contributed by atoms with van der Waals surface area (Å²) in [5.41, 5.74) is 2.40. The van der Waals surface area contributed by atoms with Gasteiger partial charge in [-0.25, -0.2) is 12.8 Å². The maximum atomic E-state index is 14.1. The summed E-state index contributed by atoms with van der Waals surface area (Å²) >= 11 is 6.68. The first kappa shape index (κ1) is 28.7. The fourth-order valence-corrected chi connectivity index (χ4v) is 10.2. The summed E-state index contributed by atoms with van der Waals surface area (Å²) in [5, 5.41) is 1.95. The summed E-state index contributed by atoms with van der Waals surface area (Å²) in [4.78, 5) is 0.161. The Labute approximate surface area is 246 Å². The lowest BCUT2D eigenvalue weighted by molar-refractivity contribution is 0.591. The van der Waals surface area contributed by atoms with Gasteiger partial charge in [0.2, 0.25) is 0 Å². The van der Waals surface area contributed by atoms with Gasteiger partial charge < -0.3 is 0 Å². The van der Waals surface area contributed by atoms with Crippen molar-refractivity contribution in [3.63, 3.8) is 0 Å². The molecule has 1 N–H and O–H groups in total. The number of allylic oxidation sites excluding steroid dienone is 1. The number of halogens is 1. The molecule has 0 heterocycles. The molecule has 3 nitrogen and oxygen atoms in total. The first-order valence-electron chi connectivity index (χ1n) is 13.1. The number of aryl methyl sites for hydroxylation is 1. The van der Waals surface area contributed by atoms with Crippen LogP contribution in [0.5, 0.6) is 0 Å². The van der Waals surface area contributed by atoms with E-state index in [0.29, 0.717) is 11.3 Å². The Morgan fingerprint density at radius 2 is 1.22 bits per heavy atom. The van der Waals surface area contributed by atoms with Crippen LogP contribution in [0.4, 0.5) is 4.39 Å². The van der Waals surface area contributed by atoms with Crippen LogP contribution in [0, 0.1) is 12.7 Å². The molecule has 7 heteroatoms. The van der Waals surface area contributed by atoms with E-state index in [2.05, 4.69) is 4.72 Å². The second-order valence-electron chi connectivity index (χ2n) is 9.69. The zero-order valence-electron chi connectivity index (χ0n) is 22.4. The number of hydrogen-bond acceptors (Lipinski definition) is 3. The van der Waals surface area contributed by atoms with Crippen LogP contribution in [-0.2, 0) is 21.8 Å². The van der Waals surface area contributed by atoms with Gasteiger partial charge in [0.05, 0.1) is 10.6 Å². The zero-order chi connectivity index (χ0) is 28.9. The minimum absolute atomic E-state index is 0.161. The molecule has 0 aliphatic carbocycles. The van der Waals surface area contributed by atoms with Crippen molar-refractivity contribution in [2.45, 2.75) is 17.5 Å². The summed E-state index contributed by atoms with van der Waals surface area (Å²) in [7, 11) is -3.93. The molecular weight excluding hydrogens is 568 g/mol. The summed E-state index contributed by atoms with van der Waals surface area (Å²) in [6, 6.07) is 39.5. The third-order valence-corrected chi connectivity index (χ3v) is 13.6. The Bertz CT molecular complexity index is 1750. The van der Waals surface area contributed by atoms with Crippen LogP contribution in [0.2, 0.25) is 0 Å². The summed E-state index contributed by atoms with van der Waals surface area (Å²) in [6.07, 6.45) is 1.91. The van der Waals surface area contributed by atoms with Crippen molar-refractivity contribution in [2.24, 2.45) is 0 Å². The van der Waals surface area contributed by atoms with E-state index in [0.717, 1.165) is 21.7 Å². The van der Waals surface area contributed by atoms with Crippen LogP contribution in [0.3, 0.4) is 0 Å². The number of nitrogens with one attached hydrogen (secondary N) is 1. The van der Waals surface area contributed by atoms with Crippen molar-refractivity contribution < 1.29 is 12.8 Å². The molecule has 0 aromatic heterocycles. The van der Waals surface area contributed by atoms with Gasteiger partial charge >= 0.3 is 0 Å². The topological polar surface area (TPSA) is 46.2 Å². The number of hydrogen-bond donors (Lipinski definition) is 1. The van der Waals surface area contributed by atoms with Gasteiger partial charge in [0.25, 0.3) is 10.0 Å². The molecule has 0 unspecified atom stereocenters. The molecule has 0 bridgehead atoms. The van der Waals surface area contributed by atoms with Gasteiger partial charge in [0, 0.05) is 11.7 Å². The minimum atomic E-state index is -3.93. The fourth-order valence-electron chi connectivity index (χ4n) is 4.73. The van der Waals surface area contributed by atoms with Gasteiger partial charge in [-0.3, -0.25) is 4.72 Å². The Balaban J connectivity index is 1.77. The molecule has 206 valence electrons. The normalized spacial score (nSPS) is 13.0. The van der Waals surface area contributed by atoms with Gasteiger partial charge in [-0.05, 0) is 59.0 Å². The summed E-state index contributed by atoms with van der Waals surface area (Å²) in [6.45, 7) is 1.91. The van der Waals surface area contributed by atoms with Crippen molar-refractivity contribution >= 4 is 44.2 Å². The first-order valence-corrected chi connectivity index (χ1v) is 17.5. The van der Waals surface area contributed by atoms with Crippen LogP contribution in [0.15, 0.2) is 150 Å². The third kappa shape index (κ3) is 6.41. The molecule has 0 aliphatic rings. The van der Waals surface area contributed by atoms with E-state index in [-0.39, 0.29) is 10.7 Å². The van der Waals surface area contributed by atoms with Crippen LogP contribution in [-0.4, -0.2) is 8.42 Å². The summed E-state index contributed by atoms with van der Waals surface area (Å²) < 4.78 is 44.3. The van der Waals surface area contributed by atoms with E-state index in [4.69, 9.17) is 11.8 Å². The van der Waals surface area contributed by atoms with Crippen LogP contribution in [0.25, 0.3) is 5.70 Å². The SMILES string of the molecule is Cc1ccc(S(=O)(=O)N/C(=C\[C@H](c2ccc(F)cc2)P(=S)(c2ccccc2)c2ccccc2)c2ccccc2)cc1. The Morgan fingerprint density at radius 3 is 1.73 bits per heavy atom. The molecule has 41 heavy (non-hydrogen) atoms. The quantitative estimate of drug-likeness (QED) is 0.181. The lowest BCUT2D eigenvalue weighted by Gasteiger charge is -2.32. The second kappa shape index (κ2) is 12.4. The highest BCUT2D eigenvalue weighted by Gasteiger charge is 2.33. The van der Waals surface area contributed by atoms with Crippen molar-refractivity contribution in [1.29, 1.82) is 0 Å². The highest BCUT2D eigenvalue weighted by molar-refractivity contribution is 8.22. The van der Waals surface area contributed by atoms with Gasteiger partial charge in [0.1, 0.15) is 5.82 Å². The highest BCUT2D eigenvalue weighted by atomic mass is 32.4. The van der Waals surface area contributed by atoms with Gasteiger partial charge in [-0.15, -0.1) is 0 Å². The fraction of sp³-hybridized carbons (Fsp3) is 0.0588. The van der Waals surface area contributed by atoms with Crippen LogP contribution in [0.1, 0.15) is 22.3 Å². The summed E-state index contributed by atoms with van der Waals surface area (Å²) in [5.74, 6) is -0.354. The first-order chi connectivity index (χ1) is 19.8. The van der Waals surface area contributed by atoms with Gasteiger partial charge in [-0.2, -0.15) is 0 Å². The molecular formula is C34H29FNO2PS2. The van der Waals surface area contributed by atoms with E-state index in [1.807, 2.05) is 104 Å².